The van der Waals surface area contributed by atoms with Gasteiger partial charge in [0.1, 0.15) is 5.76 Å². The molecule has 2 heterocycles. The number of hydrogen-bond acceptors (Lipinski definition) is 5. The Balaban J connectivity index is 0.00000312. The molecule has 2 N–H and O–H groups in total. The van der Waals surface area contributed by atoms with Gasteiger partial charge in [0.05, 0.1) is 5.69 Å². The van der Waals surface area contributed by atoms with Crippen LogP contribution in [0.2, 0.25) is 0 Å². The van der Waals surface area contributed by atoms with E-state index < -0.39 is 0 Å². The van der Waals surface area contributed by atoms with Crippen molar-refractivity contribution in [2.24, 2.45) is 4.99 Å². The summed E-state index contributed by atoms with van der Waals surface area (Å²) < 4.78 is 11.2. The molecule has 2 rings (SSSR count). The summed E-state index contributed by atoms with van der Waals surface area (Å²) in [5.74, 6) is 1.78. The molecule has 6 nitrogen and oxygen atoms in total. The molecule has 0 aromatic carbocycles. The average Bonchev–Trinajstić information content (AvgIpc) is 3.04. The number of aryl methyl sites for hydroxylation is 2. The molecule has 0 bridgehead atoms. The van der Waals surface area contributed by atoms with Crippen LogP contribution in [0.4, 0.5) is 0 Å². The van der Waals surface area contributed by atoms with Crippen LogP contribution >= 0.6 is 35.7 Å². The van der Waals surface area contributed by atoms with Crippen LogP contribution in [0.3, 0.4) is 0 Å². The second-order valence-corrected chi connectivity index (χ2v) is 7.29. The third kappa shape index (κ3) is 6.02. The highest BCUT2D eigenvalue weighted by Gasteiger charge is 2.31. The predicted molar refractivity (Wildman–Crippen MR) is 115 cm³/mol. The number of nitrogens with one attached hydrogen (secondary N) is 2. The van der Waals surface area contributed by atoms with Crippen molar-refractivity contribution in [2.75, 3.05) is 33.1 Å². The van der Waals surface area contributed by atoms with Gasteiger partial charge in [-0.1, -0.05) is 19.0 Å². The predicted octanol–water partition coefficient (Wildman–Crippen LogP) is 2.99. The van der Waals surface area contributed by atoms with E-state index in [0.717, 1.165) is 68.4 Å². The molecule has 1 aliphatic heterocycles. The van der Waals surface area contributed by atoms with Crippen molar-refractivity contribution in [1.29, 1.82) is 0 Å². The number of thioether (sulfide) groups is 1. The minimum atomic E-state index is 0. The molecular formula is C17H31IN4O2S. The van der Waals surface area contributed by atoms with Gasteiger partial charge in [-0.15, -0.1) is 24.0 Å². The Hall–Kier alpha value is -0.480. The fraction of sp³-hybridized carbons (Fsp3) is 0.765. The minimum Gasteiger partial charge on any atom is -0.381 e. The van der Waals surface area contributed by atoms with Gasteiger partial charge in [-0.3, -0.25) is 4.99 Å². The van der Waals surface area contributed by atoms with Gasteiger partial charge >= 0.3 is 0 Å². The van der Waals surface area contributed by atoms with Crippen LogP contribution in [0, 0.1) is 0 Å². The Kier molecular flexibility index (Phi) is 10.2. The number of aromatic nitrogens is 1. The Labute approximate surface area is 172 Å². The highest BCUT2D eigenvalue weighted by molar-refractivity contribution is 14.0. The molecule has 0 unspecified atom stereocenters. The van der Waals surface area contributed by atoms with Gasteiger partial charge in [-0.25, -0.2) is 0 Å². The highest BCUT2D eigenvalue weighted by Crippen LogP contribution is 2.32. The third-order valence-electron chi connectivity index (χ3n) is 4.68. The number of guanidine groups is 1. The van der Waals surface area contributed by atoms with Crippen LogP contribution in [-0.4, -0.2) is 48.9 Å². The zero-order chi connectivity index (χ0) is 17.4. The first kappa shape index (κ1) is 22.6. The average molecular weight is 482 g/mol. The van der Waals surface area contributed by atoms with E-state index in [2.05, 4.69) is 40.9 Å². The molecule has 144 valence electrons. The van der Waals surface area contributed by atoms with Gasteiger partial charge in [0, 0.05) is 50.1 Å². The van der Waals surface area contributed by atoms with E-state index in [1.807, 2.05) is 11.8 Å². The van der Waals surface area contributed by atoms with Gasteiger partial charge in [-0.05, 0) is 25.5 Å². The lowest BCUT2D eigenvalue weighted by atomic mass is 9.99. The molecule has 8 heteroatoms. The third-order valence-corrected chi connectivity index (χ3v) is 6.10. The maximum Gasteiger partial charge on any atom is 0.191 e. The first-order valence-corrected chi connectivity index (χ1v) is 9.94. The zero-order valence-electron chi connectivity index (χ0n) is 15.7. The van der Waals surface area contributed by atoms with Gasteiger partial charge in [0.15, 0.2) is 5.96 Å². The van der Waals surface area contributed by atoms with Crippen molar-refractivity contribution in [3.63, 3.8) is 0 Å². The monoisotopic (exact) mass is 482 g/mol. The molecule has 1 aromatic heterocycles. The van der Waals surface area contributed by atoms with Crippen molar-refractivity contribution < 1.29 is 9.26 Å². The second kappa shape index (κ2) is 11.3. The molecule has 0 atom stereocenters. The molecule has 0 saturated carbocycles. The topological polar surface area (TPSA) is 71.7 Å². The summed E-state index contributed by atoms with van der Waals surface area (Å²) in [4.78, 5) is 4.35. The van der Waals surface area contributed by atoms with E-state index in [-0.39, 0.29) is 28.7 Å². The van der Waals surface area contributed by atoms with Crippen LogP contribution < -0.4 is 10.6 Å². The number of hydrogen-bond donors (Lipinski definition) is 2. The summed E-state index contributed by atoms with van der Waals surface area (Å²) in [5.41, 5.74) is 2.19. The molecule has 1 saturated heterocycles. The first-order chi connectivity index (χ1) is 11.7. The Morgan fingerprint density at radius 1 is 1.24 bits per heavy atom. The minimum absolute atomic E-state index is 0. The fourth-order valence-corrected chi connectivity index (χ4v) is 3.76. The first-order valence-electron chi connectivity index (χ1n) is 8.71. The SMILES string of the molecule is CCc1noc(CC)c1CNC(=NC)NCC1(SC)CCOCC1.I. The van der Waals surface area contributed by atoms with Gasteiger partial charge < -0.3 is 19.9 Å². The lowest BCUT2D eigenvalue weighted by Crippen LogP contribution is -2.47. The summed E-state index contributed by atoms with van der Waals surface area (Å²) in [7, 11) is 1.81. The maximum absolute atomic E-state index is 5.50. The molecular weight excluding hydrogens is 451 g/mol. The maximum atomic E-state index is 5.50. The second-order valence-electron chi connectivity index (χ2n) is 6.02. The van der Waals surface area contributed by atoms with Gasteiger partial charge in [0.25, 0.3) is 0 Å². The molecule has 1 fully saturated rings. The van der Waals surface area contributed by atoms with Crippen molar-refractivity contribution in [3.05, 3.63) is 17.0 Å². The van der Waals surface area contributed by atoms with Crippen molar-refractivity contribution in [2.45, 2.75) is 50.8 Å². The number of nitrogens with zero attached hydrogens (tertiary/aromatic N) is 2. The summed E-state index contributed by atoms with van der Waals surface area (Å²) in [6.07, 6.45) is 6.06. The number of halogens is 1. The summed E-state index contributed by atoms with van der Waals surface area (Å²) in [5, 5.41) is 11.0. The van der Waals surface area contributed by atoms with Gasteiger partial charge in [-0.2, -0.15) is 11.8 Å². The van der Waals surface area contributed by atoms with Crippen LogP contribution in [0.15, 0.2) is 9.52 Å². The summed E-state index contributed by atoms with van der Waals surface area (Å²) in [6, 6.07) is 0. The van der Waals surface area contributed by atoms with Crippen LogP contribution in [0.5, 0.6) is 0 Å². The molecule has 1 aromatic rings. The molecule has 25 heavy (non-hydrogen) atoms. The number of ether oxygens (including phenoxy) is 1. The molecule has 0 aliphatic carbocycles. The number of rotatable bonds is 7. The standard InChI is InChI=1S/C17H30N4O2S.HI/c1-5-14-13(15(6-2)23-21-14)11-19-16(18-3)20-12-17(24-4)7-9-22-10-8-17;/h5-12H2,1-4H3,(H2,18,19,20);1H. The molecule has 0 radical (unpaired) electrons. The molecule has 1 aliphatic rings. The summed E-state index contributed by atoms with van der Waals surface area (Å²) >= 11 is 1.92. The van der Waals surface area contributed by atoms with E-state index in [9.17, 15) is 0 Å². The van der Waals surface area contributed by atoms with E-state index in [0.29, 0.717) is 6.54 Å². The van der Waals surface area contributed by atoms with Crippen LogP contribution in [0.1, 0.15) is 43.7 Å². The Bertz CT molecular complexity index is 523. The van der Waals surface area contributed by atoms with Crippen molar-refractivity contribution in [1.82, 2.24) is 15.8 Å². The van der Waals surface area contributed by atoms with E-state index in [1.54, 1.807) is 7.05 Å². The van der Waals surface area contributed by atoms with E-state index in [4.69, 9.17) is 9.26 Å². The van der Waals surface area contributed by atoms with Crippen LogP contribution in [-0.2, 0) is 24.1 Å². The molecule has 0 spiro atoms. The van der Waals surface area contributed by atoms with E-state index in [1.165, 1.54) is 0 Å². The molecule has 0 amide bonds. The largest absolute Gasteiger partial charge is 0.381 e. The van der Waals surface area contributed by atoms with E-state index >= 15 is 0 Å². The van der Waals surface area contributed by atoms with Crippen LogP contribution in [0.25, 0.3) is 0 Å². The normalized spacial score (nSPS) is 17.0. The van der Waals surface area contributed by atoms with Crippen molar-refractivity contribution >= 4 is 41.7 Å². The van der Waals surface area contributed by atoms with Gasteiger partial charge in [0.2, 0.25) is 0 Å². The summed E-state index contributed by atoms with van der Waals surface area (Å²) in [6.45, 7) is 7.45. The smallest absolute Gasteiger partial charge is 0.191 e. The highest BCUT2D eigenvalue weighted by atomic mass is 127. The fourth-order valence-electron chi connectivity index (χ4n) is 2.97. The van der Waals surface area contributed by atoms with Crippen molar-refractivity contribution in [3.8, 4) is 0 Å². The zero-order valence-corrected chi connectivity index (χ0v) is 18.8. The lowest BCUT2D eigenvalue weighted by Gasteiger charge is -2.36. The number of aliphatic imine (C=N–C) groups is 1. The Morgan fingerprint density at radius 2 is 1.96 bits per heavy atom. The Morgan fingerprint density at radius 3 is 2.52 bits per heavy atom. The lowest BCUT2D eigenvalue weighted by molar-refractivity contribution is 0.0783. The quantitative estimate of drug-likeness (QED) is 0.354.